The first-order valence-electron chi connectivity index (χ1n) is 7.91. The maximum absolute atomic E-state index is 12.5. The second-order valence-electron chi connectivity index (χ2n) is 7.85. The second kappa shape index (κ2) is 6.86. The average Bonchev–Trinajstić information content (AvgIpc) is 2.27. The summed E-state index contributed by atoms with van der Waals surface area (Å²) in [6, 6.07) is -0.618. The molecule has 0 aromatic rings. The largest absolute Gasteiger partial charge is 0.443 e. The second-order valence-corrected chi connectivity index (χ2v) is 7.85. The highest BCUT2D eigenvalue weighted by Crippen LogP contribution is 2.25. The molecule has 0 spiro atoms. The van der Waals surface area contributed by atoms with Crippen LogP contribution in [0.1, 0.15) is 67.2 Å². The number of carbonyl (C=O) groups excluding carboxylic acids is 2. The van der Waals surface area contributed by atoms with Crippen LogP contribution in [0.25, 0.3) is 0 Å². The molecule has 2 atom stereocenters. The van der Waals surface area contributed by atoms with Gasteiger partial charge < -0.3 is 15.2 Å². The summed E-state index contributed by atoms with van der Waals surface area (Å²) in [7, 11) is 0. The first-order chi connectivity index (χ1) is 9.91. The Labute approximate surface area is 133 Å². The fraction of sp³-hybridized carbons (Fsp3) is 0.875. The van der Waals surface area contributed by atoms with E-state index in [2.05, 4.69) is 0 Å². The molecule has 128 valence electrons. The van der Waals surface area contributed by atoms with Gasteiger partial charge in [0.1, 0.15) is 11.2 Å². The molecule has 0 aliphatic heterocycles. The van der Waals surface area contributed by atoms with Gasteiger partial charge in [0.2, 0.25) is 0 Å². The van der Waals surface area contributed by atoms with E-state index in [9.17, 15) is 9.59 Å². The third-order valence-electron chi connectivity index (χ3n) is 3.29. The molecule has 0 aromatic carbocycles. The maximum atomic E-state index is 12.5. The van der Waals surface area contributed by atoms with Gasteiger partial charge in [-0.2, -0.15) is 0 Å². The lowest BCUT2D eigenvalue weighted by Gasteiger charge is -2.38. The molecule has 0 radical (unpaired) electrons. The predicted molar refractivity (Wildman–Crippen MR) is 84.5 cm³/mol. The van der Waals surface area contributed by atoms with Crippen LogP contribution >= 0.6 is 0 Å². The number of hydrogen-bond acceptors (Lipinski definition) is 5. The number of amides is 2. The molecule has 2 N–H and O–H groups in total. The molecule has 1 fully saturated rings. The van der Waals surface area contributed by atoms with E-state index in [0.717, 1.165) is 24.2 Å². The molecule has 1 rings (SSSR count). The van der Waals surface area contributed by atoms with Gasteiger partial charge in [0.25, 0.3) is 0 Å². The lowest BCUT2D eigenvalue weighted by molar-refractivity contribution is -0.0127. The van der Waals surface area contributed by atoms with E-state index in [1.54, 1.807) is 41.5 Å². The van der Waals surface area contributed by atoms with Crippen LogP contribution in [0.3, 0.4) is 0 Å². The minimum atomic E-state index is -0.691. The molecule has 1 aliphatic carbocycles. The van der Waals surface area contributed by atoms with Gasteiger partial charge >= 0.3 is 12.2 Å². The van der Waals surface area contributed by atoms with Gasteiger partial charge in [-0.15, -0.1) is 0 Å². The summed E-state index contributed by atoms with van der Waals surface area (Å²) in [4.78, 5) is 26.0. The van der Waals surface area contributed by atoms with Crippen LogP contribution in [-0.2, 0) is 9.47 Å². The molecule has 1 saturated carbocycles. The van der Waals surface area contributed by atoms with Crippen LogP contribution in [0.5, 0.6) is 0 Å². The molecule has 2 amide bonds. The monoisotopic (exact) mass is 314 g/mol. The van der Waals surface area contributed by atoms with E-state index in [0.29, 0.717) is 6.42 Å². The van der Waals surface area contributed by atoms with Crippen LogP contribution in [0.2, 0.25) is 0 Å². The van der Waals surface area contributed by atoms with Crippen molar-refractivity contribution < 1.29 is 19.1 Å². The third kappa shape index (κ3) is 5.83. The summed E-state index contributed by atoms with van der Waals surface area (Å²) in [6.45, 7) is 10.6. The van der Waals surface area contributed by atoms with Crippen LogP contribution in [0, 0.1) is 0 Å². The maximum Gasteiger partial charge on any atom is 0.420 e. The van der Waals surface area contributed by atoms with Crippen molar-refractivity contribution in [2.24, 2.45) is 5.73 Å². The van der Waals surface area contributed by atoms with Crippen molar-refractivity contribution in [3.8, 4) is 0 Å². The molecule has 0 saturated heterocycles. The number of nitrogens with zero attached hydrogens (tertiary/aromatic N) is 1. The Morgan fingerprint density at radius 1 is 0.909 bits per heavy atom. The molecule has 0 bridgehead atoms. The number of imide groups is 1. The van der Waals surface area contributed by atoms with Crippen molar-refractivity contribution in [3.05, 3.63) is 0 Å². The third-order valence-corrected chi connectivity index (χ3v) is 3.29. The normalized spacial score (nSPS) is 22.9. The lowest BCUT2D eigenvalue weighted by Crippen LogP contribution is -2.56. The van der Waals surface area contributed by atoms with Gasteiger partial charge in [-0.3, -0.25) is 0 Å². The van der Waals surface area contributed by atoms with E-state index in [-0.39, 0.29) is 12.1 Å². The highest BCUT2D eigenvalue weighted by molar-refractivity contribution is 5.88. The Kier molecular flexibility index (Phi) is 5.84. The van der Waals surface area contributed by atoms with Gasteiger partial charge in [-0.25, -0.2) is 14.5 Å². The summed E-state index contributed by atoms with van der Waals surface area (Å²) in [6.07, 6.45) is 2.02. The SMILES string of the molecule is CC(C)(C)OC(=O)N(C(=O)OC(C)(C)C)[C@@H]1CCCC[C@@H]1N. The zero-order chi connectivity index (χ0) is 17.1. The van der Waals surface area contributed by atoms with E-state index < -0.39 is 23.4 Å². The van der Waals surface area contributed by atoms with Crippen molar-refractivity contribution in [2.45, 2.75) is 90.5 Å². The highest BCUT2D eigenvalue weighted by atomic mass is 16.6. The Morgan fingerprint density at radius 2 is 1.32 bits per heavy atom. The van der Waals surface area contributed by atoms with Crippen molar-refractivity contribution >= 4 is 12.2 Å². The Balaban J connectivity index is 2.98. The van der Waals surface area contributed by atoms with Crippen LogP contribution in [0.15, 0.2) is 0 Å². The summed E-state index contributed by atoms with van der Waals surface area (Å²) < 4.78 is 10.7. The smallest absolute Gasteiger partial charge is 0.420 e. The first kappa shape index (κ1) is 18.7. The molecule has 0 aromatic heterocycles. The summed E-state index contributed by atoms with van der Waals surface area (Å²) in [5, 5.41) is 0. The van der Waals surface area contributed by atoms with Crippen molar-refractivity contribution in [1.29, 1.82) is 0 Å². The van der Waals surface area contributed by atoms with Crippen molar-refractivity contribution in [1.82, 2.24) is 4.90 Å². The van der Waals surface area contributed by atoms with Crippen LogP contribution in [-0.4, -0.2) is 40.4 Å². The van der Waals surface area contributed by atoms with Gasteiger partial charge in [0.15, 0.2) is 0 Å². The van der Waals surface area contributed by atoms with Crippen molar-refractivity contribution in [3.63, 3.8) is 0 Å². The van der Waals surface area contributed by atoms with Gasteiger partial charge in [0, 0.05) is 6.04 Å². The molecule has 6 nitrogen and oxygen atoms in total. The number of nitrogens with two attached hydrogens (primary N) is 1. The molecule has 6 heteroatoms. The van der Waals surface area contributed by atoms with Crippen LogP contribution < -0.4 is 5.73 Å². The Morgan fingerprint density at radius 3 is 1.68 bits per heavy atom. The zero-order valence-electron chi connectivity index (χ0n) is 14.6. The highest BCUT2D eigenvalue weighted by Gasteiger charge is 2.40. The molecule has 0 unspecified atom stereocenters. The fourth-order valence-corrected chi connectivity index (χ4v) is 2.43. The number of rotatable bonds is 1. The van der Waals surface area contributed by atoms with E-state index in [1.165, 1.54) is 0 Å². The quantitative estimate of drug-likeness (QED) is 0.802. The minimum absolute atomic E-state index is 0.242. The van der Waals surface area contributed by atoms with Crippen molar-refractivity contribution in [2.75, 3.05) is 0 Å². The molecule has 0 heterocycles. The molecular weight excluding hydrogens is 284 g/mol. The summed E-state index contributed by atoms with van der Waals surface area (Å²) >= 11 is 0. The van der Waals surface area contributed by atoms with Gasteiger partial charge in [0.05, 0.1) is 6.04 Å². The summed E-state index contributed by atoms with van der Waals surface area (Å²) in [5.41, 5.74) is 4.76. The molecule has 22 heavy (non-hydrogen) atoms. The van der Waals surface area contributed by atoms with Gasteiger partial charge in [-0.1, -0.05) is 12.8 Å². The topological polar surface area (TPSA) is 81.9 Å². The van der Waals surface area contributed by atoms with E-state index >= 15 is 0 Å². The standard InChI is InChI=1S/C16H30N2O4/c1-15(2,3)21-13(19)18(14(20)22-16(4,5)6)12-10-8-7-9-11(12)17/h11-12H,7-10,17H2,1-6H3/t11-,12+/m0/s1. The average molecular weight is 314 g/mol. The number of carbonyl (C=O) groups is 2. The first-order valence-corrected chi connectivity index (χ1v) is 7.91. The molecular formula is C16H30N2O4. The lowest BCUT2D eigenvalue weighted by atomic mass is 9.90. The Hall–Kier alpha value is -1.30. The molecule has 1 aliphatic rings. The fourth-order valence-electron chi connectivity index (χ4n) is 2.43. The zero-order valence-corrected chi connectivity index (χ0v) is 14.6. The van der Waals surface area contributed by atoms with Gasteiger partial charge in [-0.05, 0) is 54.4 Å². The minimum Gasteiger partial charge on any atom is -0.443 e. The summed E-state index contributed by atoms with van der Waals surface area (Å²) in [5.74, 6) is 0. The number of hydrogen-bond donors (Lipinski definition) is 1. The van der Waals surface area contributed by atoms with E-state index in [1.807, 2.05) is 0 Å². The van der Waals surface area contributed by atoms with Crippen LogP contribution in [0.4, 0.5) is 9.59 Å². The Bertz CT molecular complexity index is 381. The predicted octanol–water partition coefficient (Wildman–Crippen LogP) is 3.43. The van der Waals surface area contributed by atoms with E-state index in [4.69, 9.17) is 15.2 Å². The number of ether oxygens (including phenoxy) is 2.